The maximum absolute atomic E-state index is 13.7. The Kier molecular flexibility index (Phi) is 6.51. The number of allylic oxidation sites excluding steroid dienone is 1. The van der Waals surface area contributed by atoms with Crippen LogP contribution in [0.4, 0.5) is 0 Å². The number of aliphatic hydroxyl groups is 2. The van der Waals surface area contributed by atoms with Crippen LogP contribution in [0.5, 0.6) is 5.75 Å². The summed E-state index contributed by atoms with van der Waals surface area (Å²) < 4.78 is 0. The van der Waals surface area contributed by atoms with Crippen LogP contribution in [0.2, 0.25) is 0 Å². The van der Waals surface area contributed by atoms with Crippen molar-refractivity contribution in [3.63, 3.8) is 0 Å². The maximum atomic E-state index is 13.7. The summed E-state index contributed by atoms with van der Waals surface area (Å²) in [5.41, 5.74) is 3.16. The van der Waals surface area contributed by atoms with Crippen LogP contribution >= 0.6 is 0 Å². The summed E-state index contributed by atoms with van der Waals surface area (Å²) >= 11 is 0. The second-order valence-corrected chi connectivity index (χ2v) is 10.2. The van der Waals surface area contributed by atoms with Gasteiger partial charge in [0.25, 0.3) is 0 Å². The van der Waals surface area contributed by atoms with Crippen molar-refractivity contribution in [3.05, 3.63) is 45.0 Å². The van der Waals surface area contributed by atoms with E-state index < -0.39 is 40.5 Å². The third-order valence-corrected chi connectivity index (χ3v) is 7.55. The lowest BCUT2D eigenvalue weighted by atomic mass is 9.57. The molecule has 8 heteroatoms. The summed E-state index contributed by atoms with van der Waals surface area (Å²) in [6, 6.07) is 1.88. The zero-order valence-corrected chi connectivity index (χ0v) is 20.8. The summed E-state index contributed by atoms with van der Waals surface area (Å²) in [4.78, 5) is 44.4. The van der Waals surface area contributed by atoms with Gasteiger partial charge in [0.1, 0.15) is 11.5 Å². The largest absolute Gasteiger partial charge is 0.507 e. The lowest BCUT2D eigenvalue weighted by Crippen LogP contribution is -2.61. The van der Waals surface area contributed by atoms with Gasteiger partial charge in [-0.1, -0.05) is 18.6 Å². The number of aliphatic hydroxyl groups excluding tert-OH is 1. The first-order valence-corrected chi connectivity index (χ1v) is 12.1. The van der Waals surface area contributed by atoms with Gasteiger partial charge in [0.2, 0.25) is 11.6 Å². The van der Waals surface area contributed by atoms with Crippen molar-refractivity contribution in [2.45, 2.75) is 78.6 Å². The van der Waals surface area contributed by atoms with Crippen LogP contribution in [0.3, 0.4) is 0 Å². The zero-order chi connectivity index (χ0) is 25.8. The van der Waals surface area contributed by atoms with E-state index in [1.54, 1.807) is 6.92 Å². The van der Waals surface area contributed by atoms with E-state index in [1.165, 1.54) is 6.92 Å². The molecule has 0 aliphatic heterocycles. The number of hydrogen-bond donors (Lipinski definition) is 4. The van der Waals surface area contributed by atoms with Crippen LogP contribution in [0.1, 0.15) is 69.7 Å². The van der Waals surface area contributed by atoms with Gasteiger partial charge in [-0.3, -0.25) is 19.2 Å². The van der Waals surface area contributed by atoms with Gasteiger partial charge in [-0.15, -0.1) is 0 Å². The molecule has 0 bridgehead atoms. The number of phenolic OH excluding ortho intramolecular Hbond substituents is 1. The van der Waals surface area contributed by atoms with E-state index in [4.69, 9.17) is 4.84 Å². The summed E-state index contributed by atoms with van der Waals surface area (Å²) in [7, 11) is 0. The van der Waals surface area contributed by atoms with Crippen molar-refractivity contribution in [2.24, 2.45) is 11.8 Å². The van der Waals surface area contributed by atoms with Gasteiger partial charge in [0.05, 0.1) is 17.2 Å². The minimum Gasteiger partial charge on any atom is -0.507 e. The first-order chi connectivity index (χ1) is 16.4. The van der Waals surface area contributed by atoms with Crippen LogP contribution in [0, 0.1) is 11.8 Å². The van der Waals surface area contributed by atoms with Gasteiger partial charge < -0.3 is 15.3 Å². The molecule has 3 atom stereocenters. The number of phenols is 1. The van der Waals surface area contributed by atoms with E-state index in [9.17, 15) is 29.7 Å². The minimum absolute atomic E-state index is 0.0482. The number of aryl methyl sites for hydroxylation is 1. The molecule has 8 nitrogen and oxygen atoms in total. The summed E-state index contributed by atoms with van der Waals surface area (Å²) in [5, 5.41) is 33.9. The van der Waals surface area contributed by atoms with Crippen molar-refractivity contribution in [2.75, 3.05) is 0 Å². The van der Waals surface area contributed by atoms with Gasteiger partial charge >= 0.3 is 0 Å². The number of aromatic hydroxyl groups is 1. The molecule has 0 amide bonds. The van der Waals surface area contributed by atoms with Crippen molar-refractivity contribution < 1.29 is 34.5 Å². The van der Waals surface area contributed by atoms with E-state index in [0.717, 1.165) is 11.1 Å². The zero-order valence-electron chi connectivity index (χ0n) is 20.8. The molecule has 1 aromatic rings. The predicted molar refractivity (Wildman–Crippen MR) is 128 cm³/mol. The van der Waals surface area contributed by atoms with E-state index >= 15 is 0 Å². The Labute approximate surface area is 204 Å². The monoisotopic (exact) mass is 483 g/mol. The van der Waals surface area contributed by atoms with Crippen LogP contribution in [0.15, 0.2) is 22.8 Å². The molecule has 0 spiro atoms. The molecule has 188 valence electrons. The molecule has 3 aliphatic rings. The maximum Gasteiger partial charge on any atom is 0.206 e. The fourth-order valence-corrected chi connectivity index (χ4v) is 5.97. The molecule has 0 heterocycles. The van der Waals surface area contributed by atoms with Crippen molar-refractivity contribution >= 4 is 23.1 Å². The van der Waals surface area contributed by atoms with Crippen LogP contribution in [0.25, 0.3) is 5.76 Å². The standard InChI is InChI=1S/C27H33NO7/c1-6-15-8-17(11-28-35-12(2)3)23(30)22-19(15)10-16-9-18-7-13(4)20(14(5)29)25(32)27(18,34)26(33)21(16)24(22)31/h8,12,16,18,28,30-31,34H,6-7,9-11H2,1-5H3/t16-,18-,27-/m1/s1. The molecule has 4 N–H and O–H groups in total. The predicted octanol–water partition coefficient (Wildman–Crippen LogP) is 3.02. The van der Waals surface area contributed by atoms with Crippen molar-refractivity contribution in [1.82, 2.24) is 5.48 Å². The minimum atomic E-state index is -2.40. The quantitative estimate of drug-likeness (QED) is 0.276. The number of rotatable bonds is 6. The van der Waals surface area contributed by atoms with Crippen molar-refractivity contribution in [1.29, 1.82) is 0 Å². The van der Waals surface area contributed by atoms with Gasteiger partial charge in [-0.2, -0.15) is 5.48 Å². The number of benzene rings is 1. The highest BCUT2D eigenvalue weighted by Crippen LogP contribution is 2.52. The van der Waals surface area contributed by atoms with E-state index in [-0.39, 0.29) is 41.5 Å². The first kappa shape index (κ1) is 25.3. The highest BCUT2D eigenvalue weighted by molar-refractivity contribution is 6.33. The van der Waals surface area contributed by atoms with Crippen LogP contribution in [-0.2, 0) is 38.6 Å². The highest BCUT2D eigenvalue weighted by Gasteiger charge is 2.60. The Hall–Kier alpha value is -2.81. The average Bonchev–Trinajstić information content (AvgIpc) is 2.77. The molecule has 35 heavy (non-hydrogen) atoms. The molecular weight excluding hydrogens is 450 g/mol. The Bertz CT molecular complexity index is 1190. The number of Topliss-reactive ketones (excluding diaryl/α,β-unsaturated/α-hetero) is 3. The van der Waals surface area contributed by atoms with E-state index in [2.05, 4.69) is 5.48 Å². The molecule has 1 aromatic carbocycles. The molecule has 3 aliphatic carbocycles. The number of carbonyl (C=O) groups excluding carboxylic acids is 3. The Morgan fingerprint density at radius 2 is 1.89 bits per heavy atom. The normalized spacial score (nSPS) is 26.1. The van der Waals surface area contributed by atoms with E-state index in [1.807, 2.05) is 26.8 Å². The number of fused-ring (bicyclic) bond motifs is 3. The lowest BCUT2D eigenvalue weighted by molar-refractivity contribution is -0.157. The third-order valence-electron chi connectivity index (χ3n) is 7.55. The molecule has 1 fully saturated rings. The molecular formula is C27H33NO7. The summed E-state index contributed by atoms with van der Waals surface area (Å²) in [6.45, 7) is 8.81. The van der Waals surface area contributed by atoms with Gasteiger partial charge in [0, 0.05) is 23.6 Å². The smallest absolute Gasteiger partial charge is 0.206 e. The Morgan fingerprint density at radius 3 is 2.49 bits per heavy atom. The average molecular weight is 484 g/mol. The summed E-state index contributed by atoms with van der Waals surface area (Å²) in [6.07, 6.45) is 1.55. The van der Waals surface area contributed by atoms with Gasteiger partial charge in [0.15, 0.2) is 11.4 Å². The van der Waals surface area contributed by atoms with Gasteiger partial charge in [-0.25, -0.2) is 0 Å². The molecule has 0 radical (unpaired) electrons. The summed E-state index contributed by atoms with van der Waals surface area (Å²) in [5.74, 6) is -3.92. The topological polar surface area (TPSA) is 133 Å². The lowest BCUT2D eigenvalue weighted by Gasteiger charge is -2.46. The fourth-order valence-electron chi connectivity index (χ4n) is 5.97. The molecule has 0 aromatic heterocycles. The van der Waals surface area contributed by atoms with Crippen LogP contribution in [-0.4, -0.2) is 44.4 Å². The highest BCUT2D eigenvalue weighted by atomic mass is 16.7. The molecule has 1 saturated carbocycles. The Balaban J connectivity index is 1.83. The van der Waals surface area contributed by atoms with E-state index in [0.29, 0.717) is 30.4 Å². The van der Waals surface area contributed by atoms with Gasteiger partial charge in [-0.05, 0) is 70.4 Å². The fraction of sp³-hybridized carbons (Fsp3) is 0.519. The Morgan fingerprint density at radius 1 is 1.20 bits per heavy atom. The number of hydrogen-bond acceptors (Lipinski definition) is 8. The third kappa shape index (κ3) is 3.84. The number of ketones is 3. The molecule has 0 unspecified atom stereocenters. The molecule has 0 saturated heterocycles. The molecule has 4 rings (SSSR count). The second-order valence-electron chi connectivity index (χ2n) is 10.2. The number of hydroxylamine groups is 1. The second kappa shape index (κ2) is 9.00. The SMILES string of the molecule is CCc1cc(CNOC(C)C)c(O)c2c1C[C@H]1C[C@H]3CC(C)=C(C(C)=O)C(=O)[C@@]3(O)C(=O)C1=C2O. The first-order valence-electron chi connectivity index (χ1n) is 12.1. The number of carbonyl (C=O) groups is 3. The van der Waals surface area contributed by atoms with Crippen molar-refractivity contribution in [3.8, 4) is 5.75 Å². The van der Waals surface area contributed by atoms with Crippen LogP contribution < -0.4 is 5.48 Å². The number of nitrogens with one attached hydrogen (secondary N) is 1.